The standard InChI is InChI=1S/C32H32BrN3O4S/c1-22-11-17-29(18-12-22)41(39,40)36(28-10-5-7-25(33)19-28)21-30(37)34-26-8-6-9-27(20-26)35-31(38)23-13-15-24(16-14-23)32(2,3)4/h5-20H,21H2,1-4H3,(H,34,37)(H,35,38). The SMILES string of the molecule is Cc1ccc(S(=O)(=O)N(CC(=O)Nc2cccc(NC(=O)c3ccc(C(C)(C)C)cc3)c2)c2cccc(Br)c2)cc1. The number of carbonyl (C=O) groups excluding carboxylic acids is 2. The second-order valence-corrected chi connectivity index (χ2v) is 13.5. The molecule has 0 radical (unpaired) electrons. The van der Waals surface area contributed by atoms with E-state index in [0.717, 1.165) is 15.4 Å². The third-order valence-corrected chi connectivity index (χ3v) is 8.69. The van der Waals surface area contributed by atoms with Crippen molar-refractivity contribution in [2.24, 2.45) is 0 Å². The lowest BCUT2D eigenvalue weighted by Gasteiger charge is -2.24. The smallest absolute Gasteiger partial charge is 0.264 e. The van der Waals surface area contributed by atoms with Gasteiger partial charge in [0.15, 0.2) is 0 Å². The van der Waals surface area contributed by atoms with Crippen molar-refractivity contribution >= 4 is 54.8 Å². The number of nitrogens with one attached hydrogen (secondary N) is 2. The summed E-state index contributed by atoms with van der Waals surface area (Å²) in [7, 11) is -4.05. The van der Waals surface area contributed by atoms with Crippen molar-refractivity contribution in [3.63, 3.8) is 0 Å². The highest BCUT2D eigenvalue weighted by Crippen LogP contribution is 2.27. The minimum atomic E-state index is -4.05. The first-order valence-electron chi connectivity index (χ1n) is 13.0. The quantitative estimate of drug-likeness (QED) is 0.215. The highest BCUT2D eigenvalue weighted by molar-refractivity contribution is 9.10. The zero-order valence-corrected chi connectivity index (χ0v) is 25.7. The molecular formula is C32H32BrN3O4S. The summed E-state index contributed by atoms with van der Waals surface area (Å²) >= 11 is 3.38. The molecule has 0 bridgehead atoms. The first-order valence-corrected chi connectivity index (χ1v) is 15.2. The number of sulfonamides is 1. The summed E-state index contributed by atoms with van der Waals surface area (Å²) in [5.41, 5.74) is 3.78. The van der Waals surface area contributed by atoms with E-state index in [1.54, 1.807) is 72.8 Å². The fraction of sp³-hybridized carbons (Fsp3) is 0.188. The van der Waals surface area contributed by atoms with Gasteiger partial charge in [-0.2, -0.15) is 0 Å². The van der Waals surface area contributed by atoms with Crippen LogP contribution in [0.25, 0.3) is 0 Å². The topological polar surface area (TPSA) is 95.6 Å². The first kappa shape index (κ1) is 30.0. The van der Waals surface area contributed by atoms with Crippen LogP contribution in [-0.2, 0) is 20.2 Å². The highest BCUT2D eigenvalue weighted by atomic mass is 79.9. The number of aryl methyl sites for hydroxylation is 1. The summed E-state index contributed by atoms with van der Waals surface area (Å²) in [6, 6.07) is 27.4. The molecule has 0 aliphatic carbocycles. The molecule has 0 saturated carbocycles. The first-order chi connectivity index (χ1) is 19.3. The maximum Gasteiger partial charge on any atom is 0.264 e. The van der Waals surface area contributed by atoms with Crippen molar-refractivity contribution in [3.05, 3.63) is 118 Å². The Morgan fingerprint density at radius 1 is 0.805 bits per heavy atom. The lowest BCUT2D eigenvalue weighted by Crippen LogP contribution is -2.38. The number of carbonyl (C=O) groups is 2. The Morgan fingerprint density at radius 2 is 1.41 bits per heavy atom. The van der Waals surface area contributed by atoms with Crippen LogP contribution in [-0.4, -0.2) is 26.8 Å². The van der Waals surface area contributed by atoms with Gasteiger partial charge >= 0.3 is 0 Å². The van der Waals surface area contributed by atoms with Crippen molar-refractivity contribution in [1.29, 1.82) is 0 Å². The second-order valence-electron chi connectivity index (χ2n) is 10.7. The van der Waals surface area contributed by atoms with Gasteiger partial charge in [-0.15, -0.1) is 0 Å². The molecule has 0 heterocycles. The second kappa shape index (κ2) is 12.3. The minimum absolute atomic E-state index is 0.0202. The fourth-order valence-electron chi connectivity index (χ4n) is 4.11. The summed E-state index contributed by atoms with van der Waals surface area (Å²) in [5, 5.41) is 5.61. The summed E-state index contributed by atoms with van der Waals surface area (Å²) in [6.07, 6.45) is 0. The van der Waals surface area contributed by atoms with Gasteiger partial charge in [0.05, 0.1) is 10.6 Å². The Balaban J connectivity index is 1.51. The molecule has 0 unspecified atom stereocenters. The van der Waals surface area contributed by atoms with Crippen LogP contribution in [0.1, 0.15) is 42.3 Å². The average molecular weight is 635 g/mol. The van der Waals surface area contributed by atoms with Crippen LogP contribution in [0, 0.1) is 6.92 Å². The van der Waals surface area contributed by atoms with E-state index < -0.39 is 22.5 Å². The van der Waals surface area contributed by atoms with E-state index in [-0.39, 0.29) is 16.2 Å². The molecule has 0 spiro atoms. The molecule has 41 heavy (non-hydrogen) atoms. The van der Waals surface area contributed by atoms with E-state index in [9.17, 15) is 18.0 Å². The van der Waals surface area contributed by atoms with E-state index in [1.165, 1.54) is 12.1 Å². The lowest BCUT2D eigenvalue weighted by atomic mass is 9.87. The van der Waals surface area contributed by atoms with Crippen LogP contribution in [0.3, 0.4) is 0 Å². The molecule has 0 aromatic heterocycles. The summed E-state index contributed by atoms with van der Waals surface area (Å²) in [5.74, 6) is -0.819. The largest absolute Gasteiger partial charge is 0.324 e. The van der Waals surface area contributed by atoms with E-state index in [0.29, 0.717) is 27.1 Å². The molecule has 0 saturated heterocycles. The van der Waals surface area contributed by atoms with E-state index in [2.05, 4.69) is 47.3 Å². The molecule has 4 aromatic carbocycles. The molecule has 2 amide bonds. The van der Waals surface area contributed by atoms with Crippen LogP contribution >= 0.6 is 15.9 Å². The molecule has 7 nitrogen and oxygen atoms in total. The number of hydrogen-bond acceptors (Lipinski definition) is 4. The molecule has 0 aliphatic rings. The number of halogens is 1. The van der Waals surface area contributed by atoms with Gasteiger partial charge in [-0.3, -0.25) is 13.9 Å². The van der Waals surface area contributed by atoms with Crippen LogP contribution in [0.2, 0.25) is 0 Å². The Labute approximate surface area is 249 Å². The van der Waals surface area contributed by atoms with Gasteiger partial charge in [-0.05, 0) is 78.6 Å². The van der Waals surface area contributed by atoms with Crippen LogP contribution in [0.15, 0.2) is 106 Å². The van der Waals surface area contributed by atoms with Gasteiger partial charge in [-0.1, -0.05) is 78.7 Å². The normalized spacial score (nSPS) is 11.5. The number of anilines is 3. The number of rotatable bonds is 8. The number of benzene rings is 4. The van der Waals surface area contributed by atoms with Gasteiger partial charge in [-0.25, -0.2) is 8.42 Å². The minimum Gasteiger partial charge on any atom is -0.324 e. The third-order valence-electron chi connectivity index (χ3n) is 6.41. The van der Waals surface area contributed by atoms with Crippen molar-refractivity contribution in [3.8, 4) is 0 Å². The van der Waals surface area contributed by atoms with Crippen molar-refractivity contribution in [1.82, 2.24) is 0 Å². The maximum atomic E-state index is 13.6. The molecule has 0 aliphatic heterocycles. The van der Waals surface area contributed by atoms with Crippen molar-refractivity contribution in [2.75, 3.05) is 21.5 Å². The van der Waals surface area contributed by atoms with Gasteiger partial charge in [0.25, 0.3) is 15.9 Å². The number of amides is 2. The molecule has 4 rings (SSSR count). The van der Waals surface area contributed by atoms with Gasteiger partial charge in [0.1, 0.15) is 6.54 Å². The molecule has 0 fully saturated rings. The molecule has 9 heteroatoms. The van der Waals surface area contributed by atoms with Crippen molar-refractivity contribution in [2.45, 2.75) is 38.0 Å². The molecule has 2 N–H and O–H groups in total. The molecular weight excluding hydrogens is 602 g/mol. The Kier molecular flexibility index (Phi) is 8.99. The zero-order valence-electron chi connectivity index (χ0n) is 23.3. The molecule has 0 atom stereocenters. The van der Waals surface area contributed by atoms with Crippen molar-refractivity contribution < 1.29 is 18.0 Å². The third kappa shape index (κ3) is 7.62. The van der Waals surface area contributed by atoms with Crippen LogP contribution in [0.5, 0.6) is 0 Å². The Morgan fingerprint density at radius 3 is 2.02 bits per heavy atom. The predicted octanol–water partition coefficient (Wildman–Crippen LogP) is 7.14. The van der Waals surface area contributed by atoms with E-state index in [1.807, 2.05) is 19.1 Å². The monoisotopic (exact) mass is 633 g/mol. The van der Waals surface area contributed by atoms with Crippen LogP contribution in [0.4, 0.5) is 17.1 Å². The average Bonchev–Trinajstić information content (AvgIpc) is 2.91. The Bertz CT molecular complexity index is 1660. The van der Waals surface area contributed by atoms with E-state index >= 15 is 0 Å². The lowest BCUT2D eigenvalue weighted by molar-refractivity contribution is -0.114. The predicted molar refractivity (Wildman–Crippen MR) is 168 cm³/mol. The van der Waals surface area contributed by atoms with Gasteiger partial charge in [0, 0.05) is 21.4 Å². The highest BCUT2D eigenvalue weighted by Gasteiger charge is 2.27. The fourth-order valence-corrected chi connectivity index (χ4v) is 5.91. The molecule has 212 valence electrons. The van der Waals surface area contributed by atoms with Crippen LogP contribution < -0.4 is 14.9 Å². The summed E-state index contributed by atoms with van der Waals surface area (Å²) in [6.45, 7) is 7.74. The maximum absolute atomic E-state index is 13.6. The number of nitrogens with zero attached hydrogens (tertiary/aromatic N) is 1. The Hall–Kier alpha value is -3.95. The van der Waals surface area contributed by atoms with E-state index in [4.69, 9.17) is 0 Å². The number of hydrogen-bond donors (Lipinski definition) is 2. The summed E-state index contributed by atoms with van der Waals surface area (Å²) < 4.78 is 29.0. The van der Waals surface area contributed by atoms with Gasteiger partial charge in [0.2, 0.25) is 5.91 Å². The van der Waals surface area contributed by atoms with Gasteiger partial charge < -0.3 is 10.6 Å². The zero-order chi connectivity index (χ0) is 29.8. The molecule has 4 aromatic rings. The summed E-state index contributed by atoms with van der Waals surface area (Å²) in [4.78, 5) is 26.1.